The molecule has 0 aromatic carbocycles. The van der Waals surface area contributed by atoms with E-state index in [-0.39, 0.29) is 24.7 Å². The van der Waals surface area contributed by atoms with Crippen LogP contribution in [0, 0.1) is 0 Å². The summed E-state index contributed by atoms with van der Waals surface area (Å²) in [4.78, 5) is 10.1. The highest BCUT2D eigenvalue weighted by Gasteiger charge is 2.26. The Hall–Kier alpha value is -1.40. The SMILES string of the molecule is CC1COC(CO)CN1c1ccnc(N)n1. The van der Waals surface area contributed by atoms with Crippen LogP contribution in [0.3, 0.4) is 0 Å². The van der Waals surface area contributed by atoms with Gasteiger partial charge in [0.05, 0.1) is 25.4 Å². The van der Waals surface area contributed by atoms with Gasteiger partial charge >= 0.3 is 0 Å². The van der Waals surface area contributed by atoms with Gasteiger partial charge in [-0.1, -0.05) is 0 Å². The molecule has 1 aromatic heterocycles. The van der Waals surface area contributed by atoms with Crippen LogP contribution in [0.15, 0.2) is 12.3 Å². The van der Waals surface area contributed by atoms with Gasteiger partial charge in [-0.3, -0.25) is 0 Å². The number of aliphatic hydroxyl groups excluding tert-OH is 1. The van der Waals surface area contributed by atoms with Crippen LogP contribution in [0.5, 0.6) is 0 Å². The van der Waals surface area contributed by atoms with Crippen LogP contribution in [0.2, 0.25) is 0 Å². The fourth-order valence-electron chi connectivity index (χ4n) is 1.77. The summed E-state index contributed by atoms with van der Waals surface area (Å²) in [5, 5.41) is 9.09. The maximum atomic E-state index is 9.09. The van der Waals surface area contributed by atoms with Crippen molar-refractivity contribution in [1.82, 2.24) is 9.97 Å². The molecule has 2 heterocycles. The third-order valence-electron chi connectivity index (χ3n) is 2.66. The van der Waals surface area contributed by atoms with Crippen molar-refractivity contribution in [2.24, 2.45) is 0 Å². The Balaban J connectivity index is 2.17. The molecule has 0 radical (unpaired) electrons. The predicted molar refractivity (Wildman–Crippen MR) is 60.1 cm³/mol. The number of anilines is 2. The Kier molecular flexibility index (Phi) is 3.21. The molecule has 16 heavy (non-hydrogen) atoms. The zero-order valence-electron chi connectivity index (χ0n) is 9.21. The molecule has 88 valence electrons. The summed E-state index contributed by atoms with van der Waals surface area (Å²) < 4.78 is 5.46. The third kappa shape index (κ3) is 2.23. The molecule has 6 heteroatoms. The van der Waals surface area contributed by atoms with Gasteiger partial charge in [0.15, 0.2) is 0 Å². The lowest BCUT2D eigenvalue weighted by atomic mass is 10.2. The molecule has 0 amide bonds. The van der Waals surface area contributed by atoms with Gasteiger partial charge in [-0.15, -0.1) is 0 Å². The molecule has 6 nitrogen and oxygen atoms in total. The van der Waals surface area contributed by atoms with E-state index in [0.29, 0.717) is 13.2 Å². The smallest absolute Gasteiger partial charge is 0.221 e. The molecule has 1 fully saturated rings. The standard InChI is InChI=1S/C10H16N4O2/c1-7-6-16-8(5-15)4-14(7)9-2-3-12-10(11)13-9/h2-3,7-8,15H,4-6H2,1H3,(H2,11,12,13). The first kappa shape index (κ1) is 11.1. The second-order valence-corrected chi connectivity index (χ2v) is 3.91. The lowest BCUT2D eigenvalue weighted by Gasteiger charge is -2.38. The Bertz CT molecular complexity index is 360. The average molecular weight is 224 g/mol. The molecule has 0 aliphatic carbocycles. The molecule has 1 aromatic rings. The van der Waals surface area contributed by atoms with E-state index in [0.717, 1.165) is 5.82 Å². The first-order chi connectivity index (χ1) is 7.70. The van der Waals surface area contributed by atoms with E-state index in [2.05, 4.69) is 14.9 Å². The monoisotopic (exact) mass is 224 g/mol. The van der Waals surface area contributed by atoms with Crippen LogP contribution in [0.4, 0.5) is 11.8 Å². The number of ether oxygens (including phenoxy) is 1. The minimum atomic E-state index is -0.160. The zero-order chi connectivity index (χ0) is 11.5. The minimum Gasteiger partial charge on any atom is -0.394 e. The van der Waals surface area contributed by atoms with Crippen LogP contribution in [0.25, 0.3) is 0 Å². The van der Waals surface area contributed by atoms with E-state index in [1.807, 2.05) is 13.0 Å². The highest BCUT2D eigenvalue weighted by molar-refractivity contribution is 5.42. The third-order valence-corrected chi connectivity index (χ3v) is 2.66. The van der Waals surface area contributed by atoms with Crippen molar-refractivity contribution in [2.45, 2.75) is 19.1 Å². The van der Waals surface area contributed by atoms with Crippen molar-refractivity contribution in [3.63, 3.8) is 0 Å². The lowest BCUT2D eigenvalue weighted by molar-refractivity contribution is -0.0105. The van der Waals surface area contributed by atoms with Gasteiger partial charge in [0.1, 0.15) is 5.82 Å². The molecule has 2 unspecified atom stereocenters. The Morgan fingerprint density at radius 3 is 3.19 bits per heavy atom. The Labute approximate surface area is 94.1 Å². The second-order valence-electron chi connectivity index (χ2n) is 3.91. The van der Waals surface area contributed by atoms with Crippen molar-refractivity contribution in [2.75, 3.05) is 30.4 Å². The number of morpholine rings is 1. The number of nitrogens with two attached hydrogens (primary N) is 1. The maximum Gasteiger partial charge on any atom is 0.221 e. The number of aromatic nitrogens is 2. The van der Waals surface area contributed by atoms with E-state index < -0.39 is 0 Å². The highest BCUT2D eigenvalue weighted by atomic mass is 16.5. The number of hydrogen-bond donors (Lipinski definition) is 2. The Morgan fingerprint density at radius 1 is 1.69 bits per heavy atom. The molecule has 2 rings (SSSR count). The van der Waals surface area contributed by atoms with Gasteiger partial charge in [-0.05, 0) is 13.0 Å². The lowest BCUT2D eigenvalue weighted by Crippen LogP contribution is -2.50. The van der Waals surface area contributed by atoms with Crippen molar-refractivity contribution in [1.29, 1.82) is 0 Å². The van der Waals surface area contributed by atoms with Crippen molar-refractivity contribution >= 4 is 11.8 Å². The van der Waals surface area contributed by atoms with Crippen molar-refractivity contribution in [3.05, 3.63) is 12.3 Å². The largest absolute Gasteiger partial charge is 0.394 e. The van der Waals surface area contributed by atoms with E-state index in [1.54, 1.807) is 6.20 Å². The van der Waals surface area contributed by atoms with Crippen LogP contribution in [-0.2, 0) is 4.74 Å². The van der Waals surface area contributed by atoms with Gasteiger partial charge in [0.2, 0.25) is 5.95 Å². The topological polar surface area (TPSA) is 84.5 Å². The molecular weight excluding hydrogens is 208 g/mol. The predicted octanol–water partition coefficient (Wildman–Crippen LogP) is -0.355. The number of nitrogen functional groups attached to an aromatic ring is 1. The van der Waals surface area contributed by atoms with Crippen LogP contribution >= 0.6 is 0 Å². The fraction of sp³-hybridized carbons (Fsp3) is 0.600. The number of aliphatic hydroxyl groups is 1. The van der Waals surface area contributed by atoms with E-state index in [9.17, 15) is 0 Å². The molecule has 3 N–H and O–H groups in total. The molecular formula is C10H16N4O2. The summed E-state index contributed by atoms with van der Waals surface area (Å²) in [6.07, 6.45) is 1.47. The van der Waals surface area contributed by atoms with Gasteiger partial charge in [-0.25, -0.2) is 4.98 Å². The summed E-state index contributed by atoms with van der Waals surface area (Å²) in [6, 6.07) is 2.03. The molecule has 1 saturated heterocycles. The summed E-state index contributed by atoms with van der Waals surface area (Å²) in [5.41, 5.74) is 5.55. The Morgan fingerprint density at radius 2 is 2.50 bits per heavy atom. The van der Waals surface area contributed by atoms with E-state index in [1.165, 1.54) is 0 Å². The zero-order valence-corrected chi connectivity index (χ0v) is 9.21. The highest BCUT2D eigenvalue weighted by Crippen LogP contribution is 2.19. The minimum absolute atomic E-state index is 0.0176. The number of rotatable bonds is 2. The van der Waals surface area contributed by atoms with Gasteiger partial charge in [0.25, 0.3) is 0 Å². The normalized spacial score (nSPS) is 25.8. The molecule has 0 bridgehead atoms. The average Bonchev–Trinajstić information content (AvgIpc) is 2.30. The van der Waals surface area contributed by atoms with E-state index >= 15 is 0 Å². The van der Waals surface area contributed by atoms with Gasteiger partial charge in [0, 0.05) is 12.7 Å². The summed E-state index contributed by atoms with van der Waals surface area (Å²) in [7, 11) is 0. The van der Waals surface area contributed by atoms with E-state index in [4.69, 9.17) is 15.6 Å². The summed E-state index contributed by atoms with van der Waals surface area (Å²) >= 11 is 0. The molecule has 1 aliphatic rings. The summed E-state index contributed by atoms with van der Waals surface area (Å²) in [6.45, 7) is 3.26. The van der Waals surface area contributed by atoms with Crippen LogP contribution in [-0.4, -0.2) is 47.0 Å². The maximum absolute atomic E-state index is 9.09. The number of nitrogens with zero attached hydrogens (tertiary/aromatic N) is 3. The molecule has 0 saturated carbocycles. The first-order valence-corrected chi connectivity index (χ1v) is 5.28. The first-order valence-electron chi connectivity index (χ1n) is 5.28. The van der Waals surface area contributed by atoms with Crippen molar-refractivity contribution in [3.8, 4) is 0 Å². The van der Waals surface area contributed by atoms with Crippen molar-refractivity contribution < 1.29 is 9.84 Å². The summed E-state index contributed by atoms with van der Waals surface area (Å²) in [5.74, 6) is 1.04. The fourth-order valence-corrected chi connectivity index (χ4v) is 1.77. The molecule has 2 atom stereocenters. The second kappa shape index (κ2) is 4.63. The molecule has 0 spiro atoms. The van der Waals surface area contributed by atoms with Gasteiger partial charge in [-0.2, -0.15) is 4.98 Å². The van der Waals surface area contributed by atoms with Gasteiger partial charge < -0.3 is 20.5 Å². The number of hydrogen-bond acceptors (Lipinski definition) is 6. The van der Waals surface area contributed by atoms with Crippen LogP contribution in [0.1, 0.15) is 6.92 Å². The molecule has 1 aliphatic heterocycles. The van der Waals surface area contributed by atoms with Crippen LogP contribution < -0.4 is 10.6 Å². The quantitative estimate of drug-likeness (QED) is 0.714.